The molecule has 0 radical (unpaired) electrons. The second kappa shape index (κ2) is 7.56. The molecular weight excluding hydrogens is 390 g/mol. The van der Waals surface area contributed by atoms with Gasteiger partial charge in [-0.3, -0.25) is 4.68 Å². The Kier molecular flexibility index (Phi) is 4.74. The number of ether oxygens (including phenoxy) is 4. The summed E-state index contributed by atoms with van der Waals surface area (Å²) in [5.41, 5.74) is 1.78. The van der Waals surface area contributed by atoms with Crippen LogP contribution in [0, 0.1) is 11.3 Å². The zero-order chi connectivity index (χ0) is 20.7. The number of fused-ring (bicyclic) bond motifs is 1. The summed E-state index contributed by atoms with van der Waals surface area (Å²) in [5, 5.41) is 17.9. The van der Waals surface area contributed by atoms with Crippen LogP contribution in [-0.4, -0.2) is 70.1 Å². The van der Waals surface area contributed by atoms with Gasteiger partial charge in [0.2, 0.25) is 5.95 Å². The number of nitriles is 1. The fraction of sp³-hybridized carbons (Fsp3) is 0.474. The molecule has 5 heterocycles. The fourth-order valence-corrected chi connectivity index (χ4v) is 3.68. The number of rotatable bonds is 6. The van der Waals surface area contributed by atoms with Crippen molar-refractivity contribution in [2.24, 2.45) is 7.05 Å². The van der Waals surface area contributed by atoms with Gasteiger partial charge in [0.1, 0.15) is 35.3 Å². The van der Waals surface area contributed by atoms with E-state index >= 15 is 0 Å². The van der Waals surface area contributed by atoms with Crippen LogP contribution >= 0.6 is 0 Å². The van der Waals surface area contributed by atoms with Gasteiger partial charge in [-0.1, -0.05) is 0 Å². The van der Waals surface area contributed by atoms with Crippen LogP contribution in [0.4, 0.5) is 11.6 Å². The molecule has 1 N–H and O–H groups in total. The number of hydrogen-bond donors (Lipinski definition) is 1. The quantitative estimate of drug-likeness (QED) is 0.636. The maximum absolute atomic E-state index is 9.64. The average molecular weight is 411 g/mol. The molecule has 0 bridgehead atoms. The van der Waals surface area contributed by atoms with Crippen LogP contribution < -0.4 is 10.1 Å². The molecule has 0 aliphatic carbocycles. The average Bonchev–Trinajstić information content (AvgIpc) is 3.40. The van der Waals surface area contributed by atoms with E-state index < -0.39 is 0 Å². The molecule has 2 atom stereocenters. The molecule has 5 rings (SSSR count). The van der Waals surface area contributed by atoms with Crippen LogP contribution in [0.15, 0.2) is 18.5 Å². The highest BCUT2D eigenvalue weighted by Crippen LogP contribution is 2.31. The van der Waals surface area contributed by atoms with Crippen LogP contribution in [0.5, 0.6) is 5.88 Å². The molecule has 2 unspecified atom stereocenters. The van der Waals surface area contributed by atoms with Gasteiger partial charge in [0, 0.05) is 25.7 Å². The molecule has 30 heavy (non-hydrogen) atoms. The molecule has 3 aromatic rings. The van der Waals surface area contributed by atoms with Gasteiger partial charge < -0.3 is 28.8 Å². The summed E-state index contributed by atoms with van der Waals surface area (Å²) in [4.78, 5) is 9.07. The van der Waals surface area contributed by atoms with Gasteiger partial charge in [0.15, 0.2) is 0 Å². The van der Waals surface area contributed by atoms with Crippen LogP contribution in [-0.2, 0) is 21.3 Å². The lowest BCUT2D eigenvalue weighted by atomic mass is 10.2. The van der Waals surface area contributed by atoms with E-state index in [0.717, 1.165) is 5.39 Å². The lowest BCUT2D eigenvalue weighted by Gasteiger charge is -2.25. The molecule has 2 fully saturated rings. The van der Waals surface area contributed by atoms with Crippen molar-refractivity contribution in [3.63, 3.8) is 0 Å². The summed E-state index contributed by atoms with van der Waals surface area (Å²) in [7, 11) is 3.46. The van der Waals surface area contributed by atoms with Crippen molar-refractivity contribution in [2.45, 2.75) is 18.2 Å². The van der Waals surface area contributed by atoms with Crippen LogP contribution in [0.2, 0.25) is 0 Å². The molecule has 0 aromatic carbocycles. The minimum atomic E-state index is -0.151. The number of nitrogens with zero attached hydrogens (tertiary/aromatic N) is 6. The standard InChI is InChI=1S/C19H21N7O4/c1-25-6-14(18(24-25)30-13-7-28-8-13)22-19-21-5-11-3-12(4-20)26(17(11)23-19)15-9-29-10-16(15)27-2/h3,5-6,13,15-16H,7-10H2,1-2H3,(H,21,22,23). The lowest BCUT2D eigenvalue weighted by molar-refractivity contribution is -0.0812. The number of aryl methyl sites for hydroxylation is 1. The Balaban J connectivity index is 1.49. The van der Waals surface area contributed by atoms with Crippen molar-refractivity contribution < 1.29 is 18.9 Å². The van der Waals surface area contributed by atoms with Crippen molar-refractivity contribution >= 4 is 22.7 Å². The van der Waals surface area contributed by atoms with E-state index in [4.69, 9.17) is 18.9 Å². The maximum Gasteiger partial charge on any atom is 0.257 e. The predicted molar refractivity (Wildman–Crippen MR) is 105 cm³/mol. The van der Waals surface area contributed by atoms with Gasteiger partial charge >= 0.3 is 0 Å². The van der Waals surface area contributed by atoms with Gasteiger partial charge in [-0.2, -0.15) is 10.2 Å². The molecular formula is C19H21N7O4. The summed E-state index contributed by atoms with van der Waals surface area (Å²) >= 11 is 0. The van der Waals surface area contributed by atoms with Crippen LogP contribution in [0.1, 0.15) is 11.7 Å². The predicted octanol–water partition coefficient (Wildman–Crippen LogP) is 1.14. The first-order valence-corrected chi connectivity index (χ1v) is 9.60. The second-order valence-electron chi connectivity index (χ2n) is 7.29. The fourth-order valence-electron chi connectivity index (χ4n) is 3.68. The molecule has 0 saturated carbocycles. The van der Waals surface area contributed by atoms with Gasteiger partial charge in [-0.05, 0) is 6.07 Å². The van der Waals surface area contributed by atoms with Gasteiger partial charge in [0.05, 0.1) is 38.7 Å². The zero-order valence-electron chi connectivity index (χ0n) is 16.6. The molecule has 11 heteroatoms. The number of aromatic nitrogens is 5. The minimum absolute atomic E-state index is 0.00684. The highest BCUT2D eigenvalue weighted by molar-refractivity contribution is 5.79. The molecule has 11 nitrogen and oxygen atoms in total. The first kappa shape index (κ1) is 18.8. The normalized spacial score (nSPS) is 21.5. The SMILES string of the molecule is COC1COCC1n1c(C#N)cc2cnc(Nc3cn(C)nc3OC3COC3)nc21. The molecule has 0 amide bonds. The Labute approximate surface area is 172 Å². The highest BCUT2D eigenvalue weighted by atomic mass is 16.6. The van der Waals surface area contributed by atoms with Crippen molar-refractivity contribution in [1.29, 1.82) is 5.26 Å². The van der Waals surface area contributed by atoms with Crippen molar-refractivity contribution in [1.82, 2.24) is 24.3 Å². The lowest BCUT2D eigenvalue weighted by Crippen LogP contribution is -2.38. The van der Waals surface area contributed by atoms with E-state index in [9.17, 15) is 5.26 Å². The summed E-state index contributed by atoms with van der Waals surface area (Å²) in [6.45, 7) is 2.02. The summed E-state index contributed by atoms with van der Waals surface area (Å²) in [6.07, 6.45) is 3.33. The van der Waals surface area contributed by atoms with Crippen molar-refractivity contribution in [2.75, 3.05) is 38.9 Å². The largest absolute Gasteiger partial charge is 0.467 e. The number of hydrogen-bond acceptors (Lipinski definition) is 9. The molecule has 156 valence electrons. The summed E-state index contributed by atoms with van der Waals surface area (Å²) in [5.74, 6) is 0.841. The van der Waals surface area contributed by atoms with E-state index in [2.05, 4.69) is 26.5 Å². The third-order valence-corrected chi connectivity index (χ3v) is 5.25. The number of methoxy groups -OCH3 is 1. The monoisotopic (exact) mass is 411 g/mol. The third kappa shape index (κ3) is 3.24. The first-order chi connectivity index (χ1) is 14.7. The van der Waals surface area contributed by atoms with Crippen molar-refractivity contribution in [3.8, 4) is 11.9 Å². The van der Waals surface area contributed by atoms with Gasteiger partial charge in [-0.25, -0.2) is 4.98 Å². The van der Waals surface area contributed by atoms with E-state index in [0.29, 0.717) is 55.3 Å². The number of nitrogens with one attached hydrogen (secondary N) is 1. The maximum atomic E-state index is 9.64. The molecule has 2 aliphatic rings. The van der Waals surface area contributed by atoms with E-state index in [1.807, 2.05) is 11.6 Å². The summed E-state index contributed by atoms with van der Waals surface area (Å²) < 4.78 is 25.7. The zero-order valence-corrected chi connectivity index (χ0v) is 16.6. The highest BCUT2D eigenvalue weighted by Gasteiger charge is 2.33. The molecule has 3 aromatic heterocycles. The smallest absolute Gasteiger partial charge is 0.257 e. The molecule has 0 spiro atoms. The Morgan fingerprint density at radius 2 is 2.10 bits per heavy atom. The Bertz CT molecular complexity index is 1110. The van der Waals surface area contributed by atoms with Gasteiger partial charge in [-0.15, -0.1) is 5.10 Å². The Morgan fingerprint density at radius 3 is 2.83 bits per heavy atom. The topological polar surface area (TPSA) is 121 Å². The summed E-state index contributed by atoms with van der Waals surface area (Å²) in [6, 6.07) is 3.88. The van der Waals surface area contributed by atoms with Crippen molar-refractivity contribution in [3.05, 3.63) is 24.2 Å². The third-order valence-electron chi connectivity index (χ3n) is 5.25. The first-order valence-electron chi connectivity index (χ1n) is 9.60. The number of anilines is 2. The Hall–Kier alpha value is -3.20. The van der Waals surface area contributed by atoms with E-state index in [1.54, 1.807) is 30.3 Å². The minimum Gasteiger partial charge on any atom is -0.467 e. The van der Waals surface area contributed by atoms with E-state index in [1.165, 1.54) is 0 Å². The van der Waals surface area contributed by atoms with Gasteiger partial charge in [0.25, 0.3) is 5.88 Å². The molecule has 2 aliphatic heterocycles. The van der Waals surface area contributed by atoms with Crippen LogP contribution in [0.3, 0.4) is 0 Å². The Morgan fingerprint density at radius 1 is 1.27 bits per heavy atom. The van der Waals surface area contributed by atoms with E-state index in [-0.39, 0.29) is 18.2 Å². The van der Waals surface area contributed by atoms with Crippen LogP contribution in [0.25, 0.3) is 11.0 Å². The molecule has 2 saturated heterocycles. The second-order valence-corrected chi connectivity index (χ2v) is 7.29.